The minimum Gasteiger partial charge on any atom is -0.398 e. The lowest BCUT2D eigenvalue weighted by molar-refractivity contribution is 0.179. The van der Waals surface area contributed by atoms with Crippen molar-refractivity contribution < 1.29 is 9.50 Å². The van der Waals surface area contributed by atoms with Crippen LogP contribution < -0.4 is 5.73 Å². The number of hydrogen-bond donors (Lipinski definition) is 2. The van der Waals surface area contributed by atoms with Gasteiger partial charge in [-0.25, -0.2) is 4.39 Å². The number of hydrogen-bond acceptors (Lipinski definition) is 2. The third-order valence-corrected chi connectivity index (χ3v) is 2.68. The van der Waals surface area contributed by atoms with Crippen LogP contribution in [-0.4, -0.2) is 5.11 Å². The largest absolute Gasteiger partial charge is 0.398 e. The van der Waals surface area contributed by atoms with Crippen molar-refractivity contribution in [3.05, 3.63) is 65.5 Å². The molecule has 88 valence electrons. The summed E-state index contributed by atoms with van der Waals surface area (Å²) in [6, 6.07) is 13.6. The SMILES string of the molecule is Nc1ccc(F)cc1C(O)Cc1ccccc1. The Balaban J connectivity index is 2.20. The molecule has 3 heteroatoms. The van der Waals surface area contributed by atoms with Gasteiger partial charge in [0.05, 0.1) is 6.10 Å². The molecule has 0 aromatic heterocycles. The van der Waals surface area contributed by atoms with Crippen LogP contribution >= 0.6 is 0 Å². The first-order valence-electron chi connectivity index (χ1n) is 5.44. The number of aliphatic hydroxyl groups excluding tert-OH is 1. The normalized spacial score (nSPS) is 12.4. The van der Waals surface area contributed by atoms with E-state index in [9.17, 15) is 9.50 Å². The van der Waals surface area contributed by atoms with Crippen LogP contribution in [0.25, 0.3) is 0 Å². The molecule has 17 heavy (non-hydrogen) atoms. The zero-order valence-corrected chi connectivity index (χ0v) is 9.31. The summed E-state index contributed by atoms with van der Waals surface area (Å²) >= 11 is 0. The first-order chi connectivity index (χ1) is 8.16. The van der Waals surface area contributed by atoms with Crippen molar-refractivity contribution in [2.75, 3.05) is 5.73 Å². The predicted molar refractivity (Wildman–Crippen MR) is 65.9 cm³/mol. The van der Waals surface area contributed by atoms with Crippen molar-refractivity contribution in [3.63, 3.8) is 0 Å². The summed E-state index contributed by atoms with van der Waals surface area (Å²) in [6.07, 6.45) is -0.359. The van der Waals surface area contributed by atoms with Gasteiger partial charge >= 0.3 is 0 Å². The van der Waals surface area contributed by atoms with E-state index >= 15 is 0 Å². The highest BCUT2D eigenvalue weighted by atomic mass is 19.1. The first kappa shape index (κ1) is 11.6. The quantitative estimate of drug-likeness (QED) is 0.798. The van der Waals surface area contributed by atoms with Gasteiger partial charge in [0, 0.05) is 17.7 Å². The topological polar surface area (TPSA) is 46.2 Å². The fourth-order valence-electron chi connectivity index (χ4n) is 1.78. The Kier molecular flexibility index (Phi) is 3.40. The number of aliphatic hydroxyl groups is 1. The molecule has 0 aliphatic carbocycles. The maximum absolute atomic E-state index is 13.1. The average molecular weight is 231 g/mol. The molecule has 0 amide bonds. The molecule has 0 fully saturated rings. The highest BCUT2D eigenvalue weighted by molar-refractivity contribution is 5.48. The van der Waals surface area contributed by atoms with Gasteiger partial charge in [-0.1, -0.05) is 30.3 Å². The standard InChI is InChI=1S/C14H14FNO/c15-11-6-7-13(16)12(9-11)14(17)8-10-4-2-1-3-5-10/h1-7,9,14,17H,8,16H2. The van der Waals surface area contributed by atoms with E-state index in [4.69, 9.17) is 5.73 Å². The van der Waals surface area contributed by atoms with Gasteiger partial charge in [-0.15, -0.1) is 0 Å². The van der Waals surface area contributed by atoms with Crippen molar-refractivity contribution in [1.29, 1.82) is 0 Å². The molecule has 0 radical (unpaired) electrons. The van der Waals surface area contributed by atoms with Gasteiger partial charge in [0.15, 0.2) is 0 Å². The summed E-state index contributed by atoms with van der Waals surface area (Å²) in [7, 11) is 0. The maximum Gasteiger partial charge on any atom is 0.123 e. The molecule has 2 nitrogen and oxygen atoms in total. The molecule has 2 aromatic carbocycles. The molecule has 0 heterocycles. The molecule has 0 saturated heterocycles. The fraction of sp³-hybridized carbons (Fsp3) is 0.143. The molecule has 2 rings (SSSR count). The van der Waals surface area contributed by atoms with E-state index in [0.29, 0.717) is 17.7 Å². The molecular weight excluding hydrogens is 217 g/mol. The van der Waals surface area contributed by atoms with Crippen LogP contribution in [0.1, 0.15) is 17.2 Å². The molecule has 1 atom stereocenters. The number of anilines is 1. The second kappa shape index (κ2) is 4.97. The van der Waals surface area contributed by atoms with E-state index in [1.54, 1.807) is 0 Å². The summed E-state index contributed by atoms with van der Waals surface area (Å²) in [6.45, 7) is 0. The molecule has 0 bridgehead atoms. The Labute approximate surface area is 99.5 Å². The lowest BCUT2D eigenvalue weighted by Gasteiger charge is -2.13. The van der Waals surface area contributed by atoms with Gasteiger partial charge < -0.3 is 10.8 Å². The van der Waals surface area contributed by atoms with Crippen molar-refractivity contribution >= 4 is 5.69 Å². The van der Waals surface area contributed by atoms with Gasteiger partial charge in [-0.05, 0) is 23.8 Å². The Hall–Kier alpha value is -1.87. The summed E-state index contributed by atoms with van der Waals surface area (Å²) in [5, 5.41) is 10.0. The predicted octanol–water partition coefficient (Wildman–Crippen LogP) is 2.68. The highest BCUT2D eigenvalue weighted by Crippen LogP contribution is 2.24. The van der Waals surface area contributed by atoms with E-state index in [2.05, 4.69) is 0 Å². The van der Waals surface area contributed by atoms with Gasteiger partial charge in [0.2, 0.25) is 0 Å². The van der Waals surface area contributed by atoms with Crippen LogP contribution in [-0.2, 0) is 6.42 Å². The van der Waals surface area contributed by atoms with Crippen LogP contribution in [0.2, 0.25) is 0 Å². The Morgan fingerprint density at radius 3 is 2.53 bits per heavy atom. The van der Waals surface area contributed by atoms with Crippen molar-refractivity contribution in [1.82, 2.24) is 0 Å². The zero-order valence-electron chi connectivity index (χ0n) is 9.31. The number of nitrogen functional groups attached to an aromatic ring is 1. The Bertz CT molecular complexity index is 499. The second-order valence-corrected chi connectivity index (χ2v) is 3.98. The van der Waals surface area contributed by atoms with E-state index in [0.717, 1.165) is 5.56 Å². The smallest absolute Gasteiger partial charge is 0.123 e. The van der Waals surface area contributed by atoms with E-state index < -0.39 is 6.10 Å². The van der Waals surface area contributed by atoms with Crippen LogP contribution in [0.15, 0.2) is 48.5 Å². The van der Waals surface area contributed by atoms with Gasteiger partial charge in [-0.3, -0.25) is 0 Å². The van der Waals surface area contributed by atoms with Gasteiger partial charge in [0.25, 0.3) is 0 Å². The van der Waals surface area contributed by atoms with Crippen LogP contribution in [0.3, 0.4) is 0 Å². The Morgan fingerprint density at radius 1 is 1.12 bits per heavy atom. The van der Waals surface area contributed by atoms with Crippen molar-refractivity contribution in [3.8, 4) is 0 Å². The number of rotatable bonds is 3. The third-order valence-electron chi connectivity index (χ3n) is 2.68. The van der Waals surface area contributed by atoms with Crippen molar-refractivity contribution in [2.24, 2.45) is 0 Å². The fourth-order valence-corrected chi connectivity index (χ4v) is 1.78. The molecular formula is C14H14FNO. The molecule has 0 saturated carbocycles. The number of benzene rings is 2. The first-order valence-corrected chi connectivity index (χ1v) is 5.44. The lowest BCUT2D eigenvalue weighted by Crippen LogP contribution is -2.05. The summed E-state index contributed by atoms with van der Waals surface area (Å²) in [5.74, 6) is -0.388. The lowest BCUT2D eigenvalue weighted by atomic mass is 10.00. The van der Waals surface area contributed by atoms with E-state index in [1.165, 1.54) is 18.2 Å². The maximum atomic E-state index is 13.1. The average Bonchev–Trinajstić information content (AvgIpc) is 2.33. The number of nitrogens with two attached hydrogens (primary N) is 1. The molecule has 0 spiro atoms. The van der Waals surface area contributed by atoms with Gasteiger partial charge in [0.1, 0.15) is 5.82 Å². The van der Waals surface area contributed by atoms with Crippen molar-refractivity contribution in [2.45, 2.75) is 12.5 Å². The van der Waals surface area contributed by atoms with Crippen LogP contribution in [0, 0.1) is 5.82 Å². The molecule has 3 N–H and O–H groups in total. The van der Waals surface area contributed by atoms with Crippen LogP contribution in [0.4, 0.5) is 10.1 Å². The summed E-state index contributed by atoms with van der Waals surface area (Å²) in [4.78, 5) is 0. The molecule has 2 aromatic rings. The number of halogens is 1. The molecule has 1 unspecified atom stereocenters. The Morgan fingerprint density at radius 2 is 1.82 bits per heavy atom. The second-order valence-electron chi connectivity index (χ2n) is 3.98. The molecule has 0 aliphatic heterocycles. The highest BCUT2D eigenvalue weighted by Gasteiger charge is 2.12. The monoisotopic (exact) mass is 231 g/mol. The minimum atomic E-state index is -0.784. The molecule has 0 aliphatic rings. The summed E-state index contributed by atoms with van der Waals surface area (Å²) in [5.41, 5.74) is 7.56. The van der Waals surface area contributed by atoms with E-state index in [-0.39, 0.29) is 5.82 Å². The van der Waals surface area contributed by atoms with Crippen LogP contribution in [0.5, 0.6) is 0 Å². The zero-order chi connectivity index (χ0) is 12.3. The minimum absolute atomic E-state index is 0.388. The summed E-state index contributed by atoms with van der Waals surface area (Å²) < 4.78 is 13.1. The van der Waals surface area contributed by atoms with Gasteiger partial charge in [-0.2, -0.15) is 0 Å². The van der Waals surface area contributed by atoms with E-state index in [1.807, 2.05) is 30.3 Å². The third kappa shape index (κ3) is 2.82.